The molecule has 1 aromatic heterocycles. The van der Waals surface area contributed by atoms with Crippen molar-refractivity contribution in [3.05, 3.63) is 82.0 Å². The van der Waals surface area contributed by atoms with E-state index in [4.69, 9.17) is 27.9 Å². The second-order valence-corrected chi connectivity index (χ2v) is 7.41. The summed E-state index contributed by atoms with van der Waals surface area (Å²) < 4.78 is 32.2. The van der Waals surface area contributed by atoms with Gasteiger partial charge in [-0.3, -0.25) is 9.59 Å². The largest absolute Gasteiger partial charge is 0.435 e. The van der Waals surface area contributed by atoms with Crippen LogP contribution in [0.1, 0.15) is 23.2 Å². The summed E-state index contributed by atoms with van der Waals surface area (Å²) in [6, 6.07) is 10.9. The Hall–Kier alpha value is -3.23. The van der Waals surface area contributed by atoms with Crippen molar-refractivity contribution in [2.75, 3.05) is 11.9 Å². The van der Waals surface area contributed by atoms with Gasteiger partial charge < -0.3 is 15.4 Å². The zero-order valence-electron chi connectivity index (χ0n) is 16.5. The van der Waals surface area contributed by atoms with Gasteiger partial charge in [0.15, 0.2) is 5.75 Å². The van der Waals surface area contributed by atoms with E-state index < -0.39 is 17.5 Å². The first kappa shape index (κ1) is 23.4. The minimum atomic E-state index is -0.952. The Balaban J connectivity index is 1.51. The number of anilines is 1. The lowest BCUT2D eigenvalue weighted by Crippen LogP contribution is -2.26. The smallest absolute Gasteiger partial charge is 0.254 e. The average molecular weight is 480 g/mol. The van der Waals surface area contributed by atoms with Crippen LogP contribution in [0.2, 0.25) is 10.0 Å². The fourth-order valence-electron chi connectivity index (χ4n) is 2.67. The van der Waals surface area contributed by atoms with Crippen molar-refractivity contribution in [3.8, 4) is 11.6 Å². The molecular formula is C22H17Cl2F2N3O3. The molecule has 0 aliphatic heterocycles. The normalized spacial score (nSPS) is 10.5. The van der Waals surface area contributed by atoms with E-state index in [9.17, 15) is 18.4 Å². The third-order valence-electron chi connectivity index (χ3n) is 4.18. The molecule has 10 heteroatoms. The maximum atomic E-state index is 13.6. The third kappa shape index (κ3) is 6.38. The number of benzene rings is 2. The average Bonchev–Trinajstić information content (AvgIpc) is 2.74. The van der Waals surface area contributed by atoms with Crippen LogP contribution in [0.25, 0.3) is 0 Å². The van der Waals surface area contributed by atoms with Gasteiger partial charge in [-0.1, -0.05) is 35.3 Å². The van der Waals surface area contributed by atoms with Gasteiger partial charge in [0.2, 0.25) is 11.8 Å². The van der Waals surface area contributed by atoms with Crippen LogP contribution >= 0.6 is 23.2 Å². The summed E-state index contributed by atoms with van der Waals surface area (Å²) in [5.41, 5.74) is 0.138. The van der Waals surface area contributed by atoms with E-state index in [1.54, 1.807) is 24.3 Å². The highest BCUT2D eigenvalue weighted by Crippen LogP contribution is 2.33. The van der Waals surface area contributed by atoms with Crippen molar-refractivity contribution in [2.24, 2.45) is 0 Å². The topological polar surface area (TPSA) is 80.3 Å². The maximum Gasteiger partial charge on any atom is 0.254 e. The lowest BCUT2D eigenvalue weighted by Gasteiger charge is -2.12. The summed E-state index contributed by atoms with van der Waals surface area (Å²) in [5.74, 6) is -2.26. The summed E-state index contributed by atoms with van der Waals surface area (Å²) in [6.45, 7) is 0.130. The molecule has 2 N–H and O–H groups in total. The van der Waals surface area contributed by atoms with E-state index in [1.165, 1.54) is 12.3 Å². The number of para-hydroxylation sites is 2. The summed E-state index contributed by atoms with van der Waals surface area (Å²) in [6.07, 6.45) is 1.77. The van der Waals surface area contributed by atoms with Gasteiger partial charge in [0.1, 0.15) is 16.7 Å². The molecule has 166 valence electrons. The Kier molecular flexibility index (Phi) is 7.97. The number of carbonyl (C=O) groups excluding carboxylic acids is 2. The lowest BCUT2D eigenvalue weighted by molar-refractivity contribution is -0.116. The van der Waals surface area contributed by atoms with Gasteiger partial charge >= 0.3 is 0 Å². The number of carbonyl (C=O) groups is 2. The molecule has 1 heterocycles. The number of nitrogens with one attached hydrogen (secondary N) is 2. The summed E-state index contributed by atoms with van der Waals surface area (Å²) in [4.78, 5) is 28.3. The Morgan fingerprint density at radius 1 is 1.06 bits per heavy atom. The quantitative estimate of drug-likeness (QED) is 0.411. The van der Waals surface area contributed by atoms with E-state index in [0.29, 0.717) is 28.9 Å². The highest BCUT2D eigenvalue weighted by Gasteiger charge is 2.14. The number of halogens is 4. The fourth-order valence-corrected chi connectivity index (χ4v) is 3.09. The van der Waals surface area contributed by atoms with Gasteiger partial charge in [-0.25, -0.2) is 13.8 Å². The van der Waals surface area contributed by atoms with Crippen LogP contribution in [0.15, 0.2) is 54.7 Å². The van der Waals surface area contributed by atoms with Crippen LogP contribution in [-0.2, 0) is 4.79 Å². The van der Waals surface area contributed by atoms with Crippen molar-refractivity contribution in [3.63, 3.8) is 0 Å². The lowest BCUT2D eigenvalue weighted by atomic mass is 10.2. The third-order valence-corrected chi connectivity index (χ3v) is 4.66. The molecule has 2 amide bonds. The summed E-state index contributed by atoms with van der Waals surface area (Å²) in [5, 5.41) is 5.79. The molecule has 0 saturated carbocycles. The van der Waals surface area contributed by atoms with Gasteiger partial charge in [-0.15, -0.1) is 0 Å². The van der Waals surface area contributed by atoms with Crippen molar-refractivity contribution >= 4 is 40.7 Å². The predicted molar refractivity (Wildman–Crippen MR) is 117 cm³/mol. The van der Waals surface area contributed by atoms with Crippen LogP contribution in [0, 0.1) is 11.6 Å². The van der Waals surface area contributed by atoms with Gasteiger partial charge in [-0.05, 0) is 36.8 Å². The van der Waals surface area contributed by atoms with Crippen LogP contribution in [-0.4, -0.2) is 23.3 Å². The molecule has 0 fully saturated rings. The van der Waals surface area contributed by atoms with Crippen LogP contribution in [0.3, 0.4) is 0 Å². The van der Waals surface area contributed by atoms with E-state index in [1.807, 2.05) is 0 Å². The Labute approximate surface area is 192 Å². The second-order valence-electron chi connectivity index (χ2n) is 6.57. The molecule has 0 bridgehead atoms. The molecule has 0 radical (unpaired) electrons. The van der Waals surface area contributed by atoms with E-state index >= 15 is 0 Å². The molecule has 0 saturated heterocycles. The van der Waals surface area contributed by atoms with E-state index in [-0.39, 0.29) is 35.3 Å². The van der Waals surface area contributed by atoms with Crippen molar-refractivity contribution in [1.82, 2.24) is 10.3 Å². The number of hydrogen-bond donors (Lipinski definition) is 2. The standard InChI is InChI=1S/C22H17Cl2F2N3O3/c23-13-10-16(24)22(28-12-13)32-19-5-2-1-4-18(19)29-20(30)6-3-9-27-21(31)15-8-7-14(25)11-17(15)26/h1-2,4-5,7-8,10-12H,3,6,9H2,(H,27,31)(H,29,30). The van der Waals surface area contributed by atoms with Gasteiger partial charge in [0.05, 0.1) is 16.3 Å². The number of pyridine rings is 1. The number of ether oxygens (including phenoxy) is 1. The molecule has 0 aliphatic carbocycles. The number of rotatable bonds is 8. The molecule has 0 aliphatic rings. The number of nitrogens with zero attached hydrogens (tertiary/aromatic N) is 1. The van der Waals surface area contributed by atoms with Gasteiger partial charge in [-0.2, -0.15) is 0 Å². The minimum absolute atomic E-state index is 0.0838. The predicted octanol–water partition coefficient (Wildman–Crippen LogP) is 5.61. The molecule has 32 heavy (non-hydrogen) atoms. The molecule has 6 nitrogen and oxygen atoms in total. The first-order valence-electron chi connectivity index (χ1n) is 9.44. The first-order chi connectivity index (χ1) is 15.3. The number of aromatic nitrogens is 1. The molecule has 3 aromatic rings. The highest BCUT2D eigenvalue weighted by molar-refractivity contribution is 6.35. The minimum Gasteiger partial charge on any atom is -0.435 e. The van der Waals surface area contributed by atoms with Crippen LogP contribution in [0.4, 0.5) is 14.5 Å². The Morgan fingerprint density at radius 2 is 1.84 bits per heavy atom. The van der Waals surface area contributed by atoms with Crippen molar-refractivity contribution < 1.29 is 23.1 Å². The first-order valence-corrected chi connectivity index (χ1v) is 10.2. The second kappa shape index (κ2) is 10.9. The van der Waals surface area contributed by atoms with Crippen LogP contribution in [0.5, 0.6) is 11.6 Å². The summed E-state index contributed by atoms with van der Waals surface area (Å²) >= 11 is 11.9. The molecule has 0 atom stereocenters. The number of hydrogen-bond acceptors (Lipinski definition) is 4. The zero-order valence-corrected chi connectivity index (χ0v) is 18.0. The van der Waals surface area contributed by atoms with E-state index in [2.05, 4.69) is 15.6 Å². The SMILES string of the molecule is O=C(CCCNC(=O)c1ccc(F)cc1F)Nc1ccccc1Oc1ncc(Cl)cc1Cl. The Bertz CT molecular complexity index is 1150. The van der Waals surface area contributed by atoms with Crippen LogP contribution < -0.4 is 15.4 Å². The molecule has 0 unspecified atom stereocenters. The van der Waals surface area contributed by atoms with Crippen molar-refractivity contribution in [2.45, 2.75) is 12.8 Å². The Morgan fingerprint density at radius 3 is 2.59 bits per heavy atom. The zero-order chi connectivity index (χ0) is 23.1. The molecular weight excluding hydrogens is 463 g/mol. The van der Waals surface area contributed by atoms with Crippen molar-refractivity contribution in [1.29, 1.82) is 0 Å². The molecule has 3 rings (SSSR count). The highest BCUT2D eigenvalue weighted by atomic mass is 35.5. The summed E-state index contributed by atoms with van der Waals surface area (Å²) in [7, 11) is 0. The molecule has 2 aromatic carbocycles. The fraction of sp³-hybridized carbons (Fsp3) is 0.136. The van der Waals surface area contributed by atoms with Gasteiger partial charge in [0, 0.05) is 25.2 Å². The maximum absolute atomic E-state index is 13.6. The monoisotopic (exact) mass is 479 g/mol. The number of amides is 2. The van der Waals surface area contributed by atoms with Gasteiger partial charge in [0.25, 0.3) is 5.91 Å². The molecule has 0 spiro atoms. The van der Waals surface area contributed by atoms with E-state index in [0.717, 1.165) is 12.1 Å².